The summed E-state index contributed by atoms with van der Waals surface area (Å²) in [6, 6.07) is 7.58. The molecule has 0 spiro atoms. The summed E-state index contributed by atoms with van der Waals surface area (Å²) in [5.74, 6) is 0.483. The van der Waals surface area contributed by atoms with Crippen molar-refractivity contribution in [1.29, 1.82) is 0 Å². The smallest absolute Gasteiger partial charge is 0.383 e. The highest BCUT2D eigenvalue weighted by Crippen LogP contribution is 2.39. The van der Waals surface area contributed by atoms with Crippen LogP contribution in [-0.2, 0) is 22.1 Å². The largest absolute Gasteiger partial charge is 0.416 e. The summed E-state index contributed by atoms with van der Waals surface area (Å²) in [6.07, 6.45) is -2.91. The van der Waals surface area contributed by atoms with E-state index >= 15 is 0 Å². The molecule has 296 valence electrons. The van der Waals surface area contributed by atoms with E-state index in [1.165, 1.54) is 0 Å². The quantitative estimate of drug-likeness (QED) is 0.0706. The number of para-hydroxylation sites is 1. The number of carbonyl (C=O) groups is 1. The van der Waals surface area contributed by atoms with Gasteiger partial charge >= 0.3 is 11.9 Å². The van der Waals surface area contributed by atoms with E-state index < -0.39 is 28.2 Å². The van der Waals surface area contributed by atoms with Gasteiger partial charge in [0.05, 0.1) is 38.9 Å². The number of ether oxygens (including phenoxy) is 1. The lowest BCUT2D eigenvalue weighted by Gasteiger charge is -2.31. The molecule has 1 unspecified atom stereocenters. The van der Waals surface area contributed by atoms with Crippen molar-refractivity contribution in [3.63, 3.8) is 0 Å². The lowest BCUT2D eigenvalue weighted by molar-refractivity contribution is -0.383. The Morgan fingerprint density at radius 3 is 2.19 bits per heavy atom. The zero-order chi connectivity index (χ0) is 40.9. The molecule has 14 nitrogen and oxygen atoms in total. The summed E-state index contributed by atoms with van der Waals surface area (Å²) in [4.78, 5) is 35.9. The first-order valence-corrected chi connectivity index (χ1v) is 17.9. The van der Waals surface area contributed by atoms with Crippen LogP contribution in [0.2, 0.25) is 15.3 Å². The van der Waals surface area contributed by atoms with Crippen molar-refractivity contribution in [3.05, 3.63) is 78.7 Å². The number of alkyl halides is 4. The lowest BCUT2D eigenvalue weighted by atomic mass is 10.0. The molecule has 4 rings (SSSR count). The maximum absolute atomic E-state index is 12.6. The first kappa shape index (κ1) is 46.0. The van der Waals surface area contributed by atoms with E-state index in [1.54, 1.807) is 12.0 Å². The number of nitrogens with zero attached hydrogens (tertiary/aromatic N) is 7. The number of benzene rings is 2. The predicted octanol–water partition coefficient (Wildman–Crippen LogP) is 8.63. The third-order valence-electron chi connectivity index (χ3n) is 7.07. The van der Waals surface area contributed by atoms with Gasteiger partial charge in [0, 0.05) is 19.7 Å². The average molecular weight is 841 g/mol. The number of nitro groups is 1. The molecule has 1 atom stereocenters. The number of carbonyl (C=O) groups excluding carboxylic acids is 1. The van der Waals surface area contributed by atoms with Gasteiger partial charge in [-0.2, -0.15) is 33.2 Å². The van der Waals surface area contributed by atoms with Crippen LogP contribution in [0.15, 0.2) is 36.5 Å². The van der Waals surface area contributed by atoms with Gasteiger partial charge in [-0.15, -0.1) is 11.6 Å². The molecule has 0 fully saturated rings. The fourth-order valence-electron chi connectivity index (χ4n) is 4.83. The number of hydrogen-bond acceptors (Lipinski definition) is 11. The molecule has 0 saturated heterocycles. The standard InChI is InChI=1S/C15H22ClNO2.C10H5Cl2F3N4O2.C8H14ClN5/c1-5-13-8-6-7-11(2)15(13)17(14(18)9-16)12(3)10-19-4;11-5-1-4(10(13,14)15)2-6(12)8(5)18-9(16)7(3-17-18)19(20)21;1-4-10-7-12-6(9)13-8(14-7)11-5(2)3/h6-8,12H,5,9-10H2,1-4H3;1-3H,16H2;5H,4H2,1-3H3,(H2,10,11,12,13,14). The van der Waals surface area contributed by atoms with Crippen LogP contribution in [0.3, 0.4) is 0 Å². The lowest BCUT2D eigenvalue weighted by Crippen LogP contribution is -2.43. The molecule has 2 heterocycles. The summed E-state index contributed by atoms with van der Waals surface area (Å²) in [5, 5.41) is 19.7. The Morgan fingerprint density at radius 2 is 1.70 bits per heavy atom. The van der Waals surface area contributed by atoms with E-state index in [0.29, 0.717) is 30.6 Å². The van der Waals surface area contributed by atoms with E-state index in [2.05, 4.69) is 43.7 Å². The molecular weight excluding hydrogens is 799 g/mol. The number of rotatable bonds is 12. The van der Waals surface area contributed by atoms with Crippen LogP contribution in [-0.4, -0.2) is 73.8 Å². The van der Waals surface area contributed by atoms with Crippen LogP contribution in [0.1, 0.15) is 51.3 Å². The minimum atomic E-state index is -4.63. The fourth-order valence-corrected chi connectivity index (χ4v) is 5.77. The Morgan fingerprint density at radius 1 is 1.09 bits per heavy atom. The molecule has 1 amide bonds. The van der Waals surface area contributed by atoms with Crippen molar-refractivity contribution in [2.75, 3.05) is 47.4 Å². The van der Waals surface area contributed by atoms with E-state index in [0.717, 1.165) is 40.7 Å². The first-order chi connectivity index (χ1) is 25.3. The van der Waals surface area contributed by atoms with Crippen LogP contribution in [0, 0.1) is 17.0 Å². The summed E-state index contributed by atoms with van der Waals surface area (Å²) in [5.41, 5.74) is 6.99. The third-order valence-corrected chi connectivity index (χ3v) is 8.05. The molecule has 0 saturated carbocycles. The highest BCUT2D eigenvalue weighted by Gasteiger charge is 2.33. The van der Waals surface area contributed by atoms with Crippen molar-refractivity contribution in [1.82, 2.24) is 24.7 Å². The topological polar surface area (TPSA) is 179 Å². The van der Waals surface area contributed by atoms with E-state index in [-0.39, 0.29) is 44.9 Å². The third kappa shape index (κ3) is 12.7. The predicted molar refractivity (Wildman–Crippen MR) is 208 cm³/mol. The van der Waals surface area contributed by atoms with Gasteiger partial charge in [-0.05, 0) is 75.9 Å². The first-order valence-electron chi connectivity index (χ1n) is 16.2. The number of methoxy groups -OCH3 is 1. The van der Waals surface area contributed by atoms with Crippen molar-refractivity contribution in [3.8, 4) is 5.69 Å². The Labute approximate surface area is 330 Å². The van der Waals surface area contributed by atoms with Gasteiger partial charge in [0.15, 0.2) is 0 Å². The zero-order valence-corrected chi connectivity index (χ0v) is 33.5. The van der Waals surface area contributed by atoms with Gasteiger partial charge in [-0.25, -0.2) is 4.68 Å². The average Bonchev–Trinajstić information content (AvgIpc) is 3.45. The number of aryl methyl sites for hydroxylation is 2. The van der Waals surface area contributed by atoms with Crippen molar-refractivity contribution >= 4 is 81.4 Å². The van der Waals surface area contributed by atoms with Gasteiger partial charge in [0.2, 0.25) is 28.9 Å². The maximum atomic E-state index is 12.6. The monoisotopic (exact) mass is 838 g/mol. The molecule has 0 aliphatic heterocycles. The molecule has 2 aromatic carbocycles. The Bertz CT molecular complexity index is 1860. The molecule has 0 bridgehead atoms. The Kier molecular flexibility index (Phi) is 17.9. The number of nitrogens with one attached hydrogen (secondary N) is 2. The normalized spacial score (nSPS) is 11.5. The Hall–Kier alpha value is -4.16. The van der Waals surface area contributed by atoms with Crippen LogP contribution in [0.5, 0.6) is 0 Å². The molecule has 21 heteroatoms. The zero-order valence-electron chi connectivity index (χ0n) is 30.4. The molecule has 4 N–H and O–H groups in total. The van der Waals surface area contributed by atoms with Crippen molar-refractivity contribution in [2.45, 2.75) is 66.2 Å². The van der Waals surface area contributed by atoms with Gasteiger partial charge in [-0.3, -0.25) is 14.9 Å². The van der Waals surface area contributed by atoms with Gasteiger partial charge in [0.25, 0.3) is 0 Å². The molecule has 2 aromatic heterocycles. The molecule has 0 aliphatic carbocycles. The van der Waals surface area contributed by atoms with E-state index in [1.807, 2.05) is 46.8 Å². The van der Waals surface area contributed by atoms with Gasteiger partial charge in [0.1, 0.15) is 17.8 Å². The van der Waals surface area contributed by atoms with Gasteiger partial charge in [-0.1, -0.05) is 48.3 Å². The molecule has 54 heavy (non-hydrogen) atoms. The maximum Gasteiger partial charge on any atom is 0.416 e. The second-order valence-electron chi connectivity index (χ2n) is 11.6. The summed E-state index contributed by atoms with van der Waals surface area (Å²) in [6.45, 7) is 13.3. The van der Waals surface area contributed by atoms with Crippen LogP contribution in [0.25, 0.3) is 5.69 Å². The number of halogens is 7. The molecule has 0 radical (unpaired) electrons. The second kappa shape index (κ2) is 21.1. The highest BCUT2D eigenvalue weighted by molar-refractivity contribution is 6.38. The minimum Gasteiger partial charge on any atom is -0.383 e. The minimum absolute atomic E-state index is 0.0223. The van der Waals surface area contributed by atoms with E-state index in [9.17, 15) is 28.1 Å². The Balaban J connectivity index is 0.000000286. The van der Waals surface area contributed by atoms with Gasteiger partial charge < -0.3 is 26.0 Å². The van der Waals surface area contributed by atoms with Crippen molar-refractivity contribution in [2.24, 2.45) is 0 Å². The molecule has 0 aliphatic rings. The van der Waals surface area contributed by atoms with Crippen LogP contribution < -0.4 is 21.3 Å². The number of amides is 1. The number of aromatic nitrogens is 5. The number of anilines is 4. The second-order valence-corrected chi connectivity index (χ2v) is 13.0. The number of nitrogen functional groups attached to an aromatic ring is 1. The number of nitrogens with two attached hydrogens (primary N) is 1. The fraction of sp³-hybridized carbons (Fsp3) is 0.424. The van der Waals surface area contributed by atoms with E-state index in [4.69, 9.17) is 56.9 Å². The van der Waals surface area contributed by atoms with Crippen LogP contribution >= 0.6 is 46.4 Å². The SMILES string of the molecule is CCNc1nc(Cl)nc(NC(C)C)n1.CCc1cccc(C)c1N(C(=O)CCl)C(C)COC.Nc1c([N+](=O)[O-])cnn1-c1c(Cl)cc(C(F)(F)F)cc1Cl. The highest BCUT2D eigenvalue weighted by atomic mass is 35.5. The van der Waals surface area contributed by atoms with Crippen molar-refractivity contribution < 1.29 is 27.6 Å². The molecular formula is C33H41Cl4F3N10O4. The summed E-state index contributed by atoms with van der Waals surface area (Å²) >= 11 is 23.0. The molecule has 4 aromatic rings. The van der Waals surface area contributed by atoms with Crippen LogP contribution in [0.4, 0.5) is 42.3 Å². The summed E-state index contributed by atoms with van der Waals surface area (Å²) < 4.78 is 43.8. The summed E-state index contributed by atoms with van der Waals surface area (Å²) in [7, 11) is 1.64. The number of hydrogen-bond donors (Lipinski definition) is 3.